The normalized spacial score (nSPS) is 8.11. The second-order valence-corrected chi connectivity index (χ2v) is 3.68. The minimum absolute atomic E-state index is 0. The second-order valence-electron chi connectivity index (χ2n) is 3.68. The maximum Gasteiger partial charge on any atom is -0.0307 e. The second kappa shape index (κ2) is 11.9. The average Bonchev–Trinajstić information content (AvgIpc) is 2.41. The topological polar surface area (TPSA) is 0 Å². The molecule has 0 heteroatoms. The first-order valence-electron chi connectivity index (χ1n) is 5.94. The van der Waals surface area contributed by atoms with Gasteiger partial charge in [-0.2, -0.15) is 0 Å². The highest BCUT2D eigenvalue weighted by atomic mass is 13.9. The van der Waals surface area contributed by atoms with Gasteiger partial charge in [0.2, 0.25) is 0 Å². The third-order valence-corrected chi connectivity index (χ3v) is 2.50. The molecule has 2 rings (SSSR count). The first kappa shape index (κ1) is 18.8. The van der Waals surface area contributed by atoms with Crippen LogP contribution < -0.4 is 0 Å². The molecule has 0 unspecified atom stereocenters. The van der Waals surface area contributed by atoms with E-state index in [4.69, 9.17) is 0 Å². The smallest absolute Gasteiger partial charge is 0.0307 e. The number of benzene rings is 2. The van der Waals surface area contributed by atoms with Crippen molar-refractivity contribution in [3.63, 3.8) is 0 Å². The largest absolute Gasteiger partial charge is 0.0776 e. The zero-order chi connectivity index (χ0) is 11.6. The van der Waals surface area contributed by atoms with Crippen LogP contribution in [0.3, 0.4) is 0 Å². The summed E-state index contributed by atoms with van der Waals surface area (Å²) in [5.41, 5.74) is 2.82. The van der Waals surface area contributed by atoms with Crippen molar-refractivity contribution in [2.24, 2.45) is 0 Å². The summed E-state index contributed by atoms with van der Waals surface area (Å²) in [4.78, 5) is 0. The van der Waals surface area contributed by atoms with E-state index >= 15 is 0 Å². The van der Waals surface area contributed by atoms with Crippen molar-refractivity contribution < 1.29 is 0 Å². The van der Waals surface area contributed by atoms with E-state index in [1.54, 1.807) is 0 Å². The number of hydrogen-bond donors (Lipinski definition) is 0. The highest BCUT2D eigenvalue weighted by Crippen LogP contribution is 1.97. The summed E-state index contributed by atoms with van der Waals surface area (Å²) in [7, 11) is 0. The summed E-state index contributed by atoms with van der Waals surface area (Å²) in [6, 6.07) is 20.9. The first-order valence-corrected chi connectivity index (χ1v) is 5.94. The Labute approximate surface area is 114 Å². The van der Waals surface area contributed by atoms with Crippen LogP contribution in [-0.4, -0.2) is 0 Å². The molecule has 0 aromatic heterocycles. The van der Waals surface area contributed by atoms with Crippen LogP contribution in [0.4, 0.5) is 0 Å². The van der Waals surface area contributed by atoms with E-state index in [9.17, 15) is 0 Å². The number of hydrogen-bond acceptors (Lipinski definition) is 0. The molecular weight excluding hydrogens is 216 g/mol. The molecule has 0 heterocycles. The Morgan fingerprint density at radius 3 is 1.00 bits per heavy atom. The molecule has 2 aromatic carbocycles. The van der Waals surface area contributed by atoms with Crippen LogP contribution in [0.5, 0.6) is 0 Å². The molecule has 0 saturated carbocycles. The van der Waals surface area contributed by atoms with Crippen molar-refractivity contribution in [3.8, 4) is 0 Å². The lowest BCUT2D eigenvalue weighted by molar-refractivity contribution is 1.14. The molecule has 2 aromatic rings. The number of aryl methyl sites for hydroxylation is 2. The van der Waals surface area contributed by atoms with Gasteiger partial charge in [-0.05, 0) is 24.0 Å². The van der Waals surface area contributed by atoms with E-state index in [1.165, 1.54) is 11.1 Å². The quantitative estimate of drug-likeness (QED) is 0.629. The monoisotopic (exact) mass is 244 g/mol. The van der Waals surface area contributed by atoms with Gasteiger partial charge in [-0.25, -0.2) is 0 Å². The molecule has 0 nitrogen and oxygen atoms in total. The van der Waals surface area contributed by atoms with Crippen molar-refractivity contribution in [2.75, 3.05) is 0 Å². The third kappa shape index (κ3) is 7.67. The van der Waals surface area contributed by atoms with Crippen LogP contribution >= 0.6 is 0 Å². The van der Waals surface area contributed by atoms with Gasteiger partial charge in [0.05, 0.1) is 0 Å². The Balaban J connectivity index is 0. The fraction of sp³-hybridized carbons (Fsp3) is 0.333. The van der Waals surface area contributed by atoms with Crippen molar-refractivity contribution in [3.05, 3.63) is 71.8 Å². The van der Waals surface area contributed by atoms with Crippen LogP contribution in [0.1, 0.15) is 39.8 Å². The molecule has 0 fully saturated rings. The van der Waals surface area contributed by atoms with Crippen molar-refractivity contribution in [1.29, 1.82) is 0 Å². The van der Waals surface area contributed by atoms with Gasteiger partial charge >= 0.3 is 0 Å². The lowest BCUT2D eigenvalue weighted by atomic mass is 10.2. The molecule has 18 heavy (non-hydrogen) atoms. The van der Waals surface area contributed by atoms with E-state index in [0.29, 0.717) is 0 Å². The Morgan fingerprint density at radius 1 is 0.556 bits per heavy atom. The summed E-state index contributed by atoms with van der Waals surface area (Å²) in [6.07, 6.45) is 2.28. The summed E-state index contributed by atoms with van der Waals surface area (Å²) < 4.78 is 0. The minimum atomic E-state index is 0. The summed E-state index contributed by atoms with van der Waals surface area (Å²) in [6.45, 7) is 4.32. The standard InChI is InChI=1S/2C8H10.2CH4/c2*1-2-8-6-4-3-5-7-8;;/h2*3-7H,2H2,1H3;2*1H4. The maximum atomic E-state index is 2.16. The fourth-order valence-corrected chi connectivity index (χ4v) is 1.43. The van der Waals surface area contributed by atoms with Crippen molar-refractivity contribution >= 4 is 0 Å². The lowest BCUT2D eigenvalue weighted by Gasteiger charge is -1.89. The highest BCUT2D eigenvalue weighted by Gasteiger charge is 1.80. The molecule has 0 bridgehead atoms. The summed E-state index contributed by atoms with van der Waals surface area (Å²) in [5, 5.41) is 0. The van der Waals surface area contributed by atoms with Gasteiger partial charge < -0.3 is 0 Å². The summed E-state index contributed by atoms with van der Waals surface area (Å²) in [5.74, 6) is 0. The van der Waals surface area contributed by atoms with Crippen LogP contribution in [0.2, 0.25) is 0 Å². The van der Waals surface area contributed by atoms with E-state index in [0.717, 1.165) is 12.8 Å². The fourth-order valence-electron chi connectivity index (χ4n) is 1.43. The van der Waals surface area contributed by atoms with Gasteiger partial charge in [0.1, 0.15) is 0 Å². The van der Waals surface area contributed by atoms with Gasteiger partial charge in [-0.1, -0.05) is 89.4 Å². The predicted molar refractivity (Wildman–Crippen MR) is 85.1 cm³/mol. The van der Waals surface area contributed by atoms with E-state index in [1.807, 2.05) is 12.1 Å². The molecule has 0 radical (unpaired) electrons. The molecular formula is C18H28. The lowest BCUT2D eigenvalue weighted by Crippen LogP contribution is -1.73. The predicted octanol–water partition coefficient (Wildman–Crippen LogP) is 5.77. The summed E-state index contributed by atoms with van der Waals surface area (Å²) >= 11 is 0. The molecule has 0 amide bonds. The first-order chi connectivity index (χ1) is 7.86. The van der Waals surface area contributed by atoms with Crippen LogP contribution in [0.25, 0.3) is 0 Å². The van der Waals surface area contributed by atoms with E-state index in [-0.39, 0.29) is 14.9 Å². The molecule has 100 valence electrons. The Bertz CT molecular complexity index is 322. The van der Waals surface area contributed by atoms with Gasteiger partial charge in [0.25, 0.3) is 0 Å². The van der Waals surface area contributed by atoms with Gasteiger partial charge in [-0.15, -0.1) is 0 Å². The van der Waals surface area contributed by atoms with E-state index < -0.39 is 0 Å². The van der Waals surface area contributed by atoms with Crippen LogP contribution in [0, 0.1) is 0 Å². The van der Waals surface area contributed by atoms with Crippen molar-refractivity contribution in [2.45, 2.75) is 41.5 Å². The maximum absolute atomic E-state index is 2.16. The van der Waals surface area contributed by atoms with E-state index in [2.05, 4.69) is 62.4 Å². The zero-order valence-electron chi connectivity index (χ0n) is 10.2. The van der Waals surface area contributed by atoms with Crippen LogP contribution in [0.15, 0.2) is 60.7 Å². The Hall–Kier alpha value is -1.56. The molecule has 0 saturated heterocycles. The average molecular weight is 244 g/mol. The number of rotatable bonds is 2. The molecule has 0 aliphatic rings. The molecule has 0 aliphatic carbocycles. The Kier molecular flexibility index (Phi) is 12.4. The van der Waals surface area contributed by atoms with Gasteiger partial charge in [-0.3, -0.25) is 0 Å². The van der Waals surface area contributed by atoms with Crippen molar-refractivity contribution in [1.82, 2.24) is 0 Å². The molecule has 0 spiro atoms. The SMILES string of the molecule is C.C.CCc1ccccc1.CCc1ccccc1. The van der Waals surface area contributed by atoms with Gasteiger partial charge in [0.15, 0.2) is 0 Å². The van der Waals surface area contributed by atoms with Crippen LogP contribution in [-0.2, 0) is 12.8 Å². The van der Waals surface area contributed by atoms with Gasteiger partial charge in [0, 0.05) is 0 Å². The molecule has 0 N–H and O–H groups in total. The minimum Gasteiger partial charge on any atom is -0.0776 e. The molecule has 0 aliphatic heterocycles. The zero-order valence-corrected chi connectivity index (χ0v) is 10.2. The third-order valence-electron chi connectivity index (χ3n) is 2.50. The highest BCUT2D eigenvalue weighted by molar-refractivity contribution is 5.14. The molecule has 0 atom stereocenters. The Morgan fingerprint density at radius 2 is 0.833 bits per heavy atom.